The van der Waals surface area contributed by atoms with Gasteiger partial charge >= 0.3 is 6.18 Å². The van der Waals surface area contributed by atoms with Crippen LogP contribution in [0.25, 0.3) is 0 Å². The van der Waals surface area contributed by atoms with Gasteiger partial charge < -0.3 is 10.6 Å². The number of benzene rings is 1. The van der Waals surface area contributed by atoms with Crippen molar-refractivity contribution in [2.24, 2.45) is 5.73 Å². The number of halogens is 4. The molecular weight excluding hydrogens is 293 g/mol. The summed E-state index contributed by atoms with van der Waals surface area (Å²) in [4.78, 5) is 13.1. The zero-order valence-electron chi connectivity index (χ0n) is 10.9. The van der Waals surface area contributed by atoms with Crippen LogP contribution in [0.15, 0.2) is 30.3 Å². The Hall–Kier alpha value is -1.27. The predicted molar refractivity (Wildman–Crippen MR) is 73.5 cm³/mol. The Morgan fingerprint density at radius 3 is 2.30 bits per heavy atom. The van der Waals surface area contributed by atoms with Crippen LogP contribution in [-0.2, 0) is 11.3 Å². The van der Waals surface area contributed by atoms with Crippen molar-refractivity contribution in [3.63, 3.8) is 0 Å². The lowest BCUT2D eigenvalue weighted by atomic mass is 10.2. The second-order valence-corrected chi connectivity index (χ2v) is 4.20. The number of carbonyl (C=O) groups is 1. The monoisotopic (exact) mass is 310 g/mol. The summed E-state index contributed by atoms with van der Waals surface area (Å²) in [6, 6.07) is 9.11. The van der Waals surface area contributed by atoms with Crippen LogP contribution in [0.2, 0.25) is 0 Å². The van der Waals surface area contributed by atoms with Crippen LogP contribution in [0.3, 0.4) is 0 Å². The molecule has 0 saturated carbocycles. The summed E-state index contributed by atoms with van der Waals surface area (Å²) in [7, 11) is 0. The molecule has 1 amide bonds. The third-order valence-electron chi connectivity index (χ3n) is 2.59. The van der Waals surface area contributed by atoms with Gasteiger partial charge in [0.1, 0.15) is 0 Å². The molecule has 1 aromatic rings. The Morgan fingerprint density at radius 2 is 1.80 bits per heavy atom. The van der Waals surface area contributed by atoms with E-state index < -0.39 is 24.9 Å². The highest BCUT2D eigenvalue weighted by atomic mass is 35.5. The number of rotatable bonds is 6. The van der Waals surface area contributed by atoms with Crippen LogP contribution in [0.4, 0.5) is 13.2 Å². The van der Waals surface area contributed by atoms with Gasteiger partial charge in [-0.2, -0.15) is 13.2 Å². The van der Waals surface area contributed by atoms with E-state index in [4.69, 9.17) is 5.73 Å². The van der Waals surface area contributed by atoms with Gasteiger partial charge in [-0.15, -0.1) is 12.4 Å². The third-order valence-corrected chi connectivity index (χ3v) is 2.59. The minimum absolute atomic E-state index is 0. The highest BCUT2D eigenvalue weighted by molar-refractivity contribution is 5.85. The maximum absolute atomic E-state index is 12.1. The first-order valence-corrected chi connectivity index (χ1v) is 6.01. The SMILES string of the molecule is Cl.NCCN(Cc1ccccc1)C(=O)CCC(F)(F)F. The van der Waals surface area contributed by atoms with E-state index in [2.05, 4.69) is 0 Å². The molecule has 0 bridgehead atoms. The van der Waals surface area contributed by atoms with E-state index >= 15 is 0 Å². The van der Waals surface area contributed by atoms with Gasteiger partial charge in [0.05, 0.1) is 6.42 Å². The smallest absolute Gasteiger partial charge is 0.337 e. The molecule has 0 aliphatic carbocycles. The summed E-state index contributed by atoms with van der Waals surface area (Å²) in [6.07, 6.45) is -5.94. The first-order valence-electron chi connectivity index (χ1n) is 6.01. The molecular formula is C13H18ClF3N2O. The van der Waals surface area contributed by atoms with Crippen LogP contribution < -0.4 is 5.73 Å². The van der Waals surface area contributed by atoms with E-state index in [1.54, 1.807) is 0 Å². The molecule has 114 valence electrons. The summed E-state index contributed by atoms with van der Waals surface area (Å²) < 4.78 is 36.3. The van der Waals surface area contributed by atoms with Crippen molar-refractivity contribution >= 4 is 18.3 Å². The van der Waals surface area contributed by atoms with Gasteiger partial charge in [0, 0.05) is 26.1 Å². The van der Waals surface area contributed by atoms with Crippen molar-refractivity contribution in [1.82, 2.24) is 4.90 Å². The second kappa shape index (κ2) is 8.81. The highest BCUT2D eigenvalue weighted by Crippen LogP contribution is 2.22. The second-order valence-electron chi connectivity index (χ2n) is 4.20. The maximum Gasteiger partial charge on any atom is 0.389 e. The van der Waals surface area contributed by atoms with Gasteiger partial charge in [-0.3, -0.25) is 4.79 Å². The number of hydrogen-bond acceptors (Lipinski definition) is 2. The Morgan fingerprint density at radius 1 is 1.20 bits per heavy atom. The molecule has 1 aromatic carbocycles. The van der Waals surface area contributed by atoms with E-state index in [1.807, 2.05) is 30.3 Å². The molecule has 0 fully saturated rings. The lowest BCUT2D eigenvalue weighted by Gasteiger charge is -2.22. The minimum atomic E-state index is -4.31. The first kappa shape index (κ1) is 18.7. The van der Waals surface area contributed by atoms with Crippen LogP contribution in [-0.4, -0.2) is 30.1 Å². The lowest BCUT2D eigenvalue weighted by Crippen LogP contribution is -2.35. The molecule has 1 rings (SSSR count). The summed E-state index contributed by atoms with van der Waals surface area (Å²) in [5.74, 6) is -0.522. The largest absolute Gasteiger partial charge is 0.389 e. The fourth-order valence-electron chi connectivity index (χ4n) is 1.66. The van der Waals surface area contributed by atoms with Gasteiger partial charge in [0.2, 0.25) is 5.91 Å². The van der Waals surface area contributed by atoms with Gasteiger partial charge in [-0.1, -0.05) is 30.3 Å². The predicted octanol–water partition coefficient (Wildman–Crippen LogP) is 2.74. The number of nitrogens with two attached hydrogens (primary N) is 1. The number of alkyl halides is 3. The Balaban J connectivity index is 0.00000361. The van der Waals surface area contributed by atoms with Crippen molar-refractivity contribution in [2.45, 2.75) is 25.6 Å². The van der Waals surface area contributed by atoms with Crippen LogP contribution in [0.1, 0.15) is 18.4 Å². The van der Waals surface area contributed by atoms with Crippen LogP contribution in [0, 0.1) is 0 Å². The average molecular weight is 311 g/mol. The molecule has 0 atom stereocenters. The number of carbonyl (C=O) groups excluding carboxylic acids is 1. The molecule has 2 N–H and O–H groups in total. The molecule has 0 saturated heterocycles. The van der Waals surface area contributed by atoms with E-state index in [9.17, 15) is 18.0 Å². The van der Waals surface area contributed by atoms with Gasteiger partial charge in [0.25, 0.3) is 0 Å². The van der Waals surface area contributed by atoms with Crippen molar-refractivity contribution in [3.05, 3.63) is 35.9 Å². The summed E-state index contributed by atoms with van der Waals surface area (Å²) in [6.45, 7) is 0.769. The minimum Gasteiger partial charge on any atom is -0.337 e. The number of nitrogens with zero attached hydrogens (tertiary/aromatic N) is 1. The van der Waals surface area contributed by atoms with Crippen molar-refractivity contribution in [3.8, 4) is 0 Å². The Labute approximate surface area is 122 Å². The summed E-state index contributed by atoms with van der Waals surface area (Å²) in [5.41, 5.74) is 6.26. The summed E-state index contributed by atoms with van der Waals surface area (Å²) >= 11 is 0. The average Bonchev–Trinajstić information content (AvgIpc) is 2.36. The van der Waals surface area contributed by atoms with Crippen molar-refractivity contribution < 1.29 is 18.0 Å². The Bertz CT molecular complexity index is 398. The molecule has 0 spiro atoms. The fourth-order valence-corrected chi connectivity index (χ4v) is 1.66. The molecule has 0 unspecified atom stereocenters. The normalized spacial score (nSPS) is 10.8. The molecule has 0 aliphatic rings. The standard InChI is InChI=1S/C13H17F3N2O.ClH/c14-13(15,16)7-6-12(19)18(9-8-17)10-11-4-2-1-3-5-11;/h1-5H,6-10,17H2;1H. The highest BCUT2D eigenvalue weighted by Gasteiger charge is 2.29. The molecule has 0 radical (unpaired) electrons. The maximum atomic E-state index is 12.1. The third kappa shape index (κ3) is 7.35. The van der Waals surface area contributed by atoms with Gasteiger partial charge in [-0.05, 0) is 5.56 Å². The van der Waals surface area contributed by atoms with Gasteiger partial charge in [-0.25, -0.2) is 0 Å². The zero-order valence-corrected chi connectivity index (χ0v) is 11.7. The number of hydrogen-bond donors (Lipinski definition) is 1. The van der Waals surface area contributed by atoms with Crippen molar-refractivity contribution in [1.29, 1.82) is 0 Å². The molecule has 0 aliphatic heterocycles. The molecule has 0 heterocycles. The fraction of sp³-hybridized carbons (Fsp3) is 0.462. The Kier molecular flexibility index (Phi) is 8.25. The zero-order chi connectivity index (χ0) is 14.3. The molecule has 3 nitrogen and oxygen atoms in total. The van der Waals surface area contributed by atoms with Gasteiger partial charge in [0.15, 0.2) is 0 Å². The van der Waals surface area contributed by atoms with Crippen LogP contribution >= 0.6 is 12.4 Å². The van der Waals surface area contributed by atoms with E-state index in [1.165, 1.54) is 4.90 Å². The van der Waals surface area contributed by atoms with E-state index in [-0.39, 0.29) is 32.0 Å². The topological polar surface area (TPSA) is 46.3 Å². The van der Waals surface area contributed by atoms with Crippen LogP contribution in [0.5, 0.6) is 0 Å². The summed E-state index contributed by atoms with van der Waals surface area (Å²) in [5, 5.41) is 0. The lowest BCUT2D eigenvalue weighted by molar-refractivity contribution is -0.149. The van der Waals surface area contributed by atoms with E-state index in [0.717, 1.165) is 5.56 Å². The quantitative estimate of drug-likeness (QED) is 0.878. The van der Waals surface area contributed by atoms with Crippen molar-refractivity contribution in [2.75, 3.05) is 13.1 Å². The molecule has 20 heavy (non-hydrogen) atoms. The molecule has 0 aromatic heterocycles. The van der Waals surface area contributed by atoms with E-state index in [0.29, 0.717) is 0 Å². The molecule has 7 heteroatoms. The number of amides is 1. The first-order chi connectivity index (χ1) is 8.92.